The predicted molar refractivity (Wildman–Crippen MR) is 88.7 cm³/mol. The molecule has 0 aromatic heterocycles. The van der Waals surface area contributed by atoms with Gasteiger partial charge in [0, 0.05) is 19.3 Å². The van der Waals surface area contributed by atoms with Crippen LogP contribution in [-0.4, -0.2) is 57.4 Å². The SMILES string of the molecule is CN(CCC(=O)O)C(=O)Nc1ccc(CN2C(=O)CSC2=O)cc1. The van der Waals surface area contributed by atoms with E-state index >= 15 is 0 Å². The Labute approximate surface area is 142 Å². The first-order valence-corrected chi connectivity index (χ1v) is 8.15. The summed E-state index contributed by atoms with van der Waals surface area (Å²) in [6, 6.07) is 6.35. The quantitative estimate of drug-likeness (QED) is 0.809. The molecule has 1 aliphatic heterocycles. The first kappa shape index (κ1) is 17.8. The van der Waals surface area contributed by atoms with Crippen LogP contribution in [0.4, 0.5) is 15.3 Å². The molecule has 1 saturated heterocycles. The van der Waals surface area contributed by atoms with Crippen LogP contribution in [0, 0.1) is 0 Å². The van der Waals surface area contributed by atoms with E-state index in [4.69, 9.17) is 5.11 Å². The van der Waals surface area contributed by atoms with E-state index in [0.29, 0.717) is 5.69 Å². The molecule has 4 amide bonds. The standard InChI is InChI=1S/C15H17N3O5S/c1-17(7-6-13(20)21)14(22)16-11-4-2-10(3-5-11)8-18-12(19)9-24-15(18)23/h2-5H,6-9H2,1H3,(H,16,22)(H,20,21). The zero-order valence-corrected chi connectivity index (χ0v) is 13.8. The van der Waals surface area contributed by atoms with Crippen molar-refractivity contribution in [2.45, 2.75) is 13.0 Å². The van der Waals surface area contributed by atoms with Gasteiger partial charge in [0.05, 0.1) is 18.7 Å². The molecular formula is C15H17N3O5S. The van der Waals surface area contributed by atoms with Gasteiger partial charge >= 0.3 is 12.0 Å². The number of carboxylic acid groups (broad SMARTS) is 1. The van der Waals surface area contributed by atoms with Gasteiger partial charge in [-0.15, -0.1) is 0 Å². The lowest BCUT2D eigenvalue weighted by Crippen LogP contribution is -2.33. The topological polar surface area (TPSA) is 107 Å². The fourth-order valence-corrected chi connectivity index (χ4v) is 2.72. The van der Waals surface area contributed by atoms with Crippen LogP contribution in [0.5, 0.6) is 0 Å². The maximum absolute atomic E-state index is 11.9. The third-order valence-corrected chi connectivity index (χ3v) is 4.25. The van der Waals surface area contributed by atoms with Crippen LogP contribution in [0.15, 0.2) is 24.3 Å². The highest BCUT2D eigenvalue weighted by molar-refractivity contribution is 8.14. The summed E-state index contributed by atoms with van der Waals surface area (Å²) in [4.78, 5) is 48.0. The van der Waals surface area contributed by atoms with Gasteiger partial charge in [0.15, 0.2) is 0 Å². The Bertz CT molecular complexity index is 646. The smallest absolute Gasteiger partial charge is 0.321 e. The number of urea groups is 1. The molecule has 128 valence electrons. The molecule has 1 aromatic carbocycles. The van der Waals surface area contributed by atoms with Gasteiger partial charge in [-0.2, -0.15) is 0 Å². The number of thioether (sulfide) groups is 1. The van der Waals surface area contributed by atoms with Crippen molar-refractivity contribution in [3.63, 3.8) is 0 Å². The molecule has 0 unspecified atom stereocenters. The van der Waals surface area contributed by atoms with Crippen molar-refractivity contribution in [2.75, 3.05) is 24.7 Å². The third kappa shape index (κ3) is 4.72. The molecule has 0 bridgehead atoms. The minimum Gasteiger partial charge on any atom is -0.481 e. The maximum Gasteiger partial charge on any atom is 0.321 e. The summed E-state index contributed by atoms with van der Waals surface area (Å²) in [5, 5.41) is 11.0. The number of hydrogen-bond donors (Lipinski definition) is 2. The van der Waals surface area contributed by atoms with Crippen LogP contribution in [0.3, 0.4) is 0 Å². The molecule has 0 saturated carbocycles. The predicted octanol–water partition coefficient (Wildman–Crippen LogP) is 1.82. The first-order chi connectivity index (χ1) is 11.4. The van der Waals surface area contributed by atoms with Crippen LogP contribution in [-0.2, 0) is 16.1 Å². The zero-order valence-electron chi connectivity index (χ0n) is 13.0. The second-order valence-electron chi connectivity index (χ2n) is 5.23. The molecule has 0 aliphatic carbocycles. The largest absolute Gasteiger partial charge is 0.481 e. The van der Waals surface area contributed by atoms with Crippen molar-refractivity contribution in [3.05, 3.63) is 29.8 Å². The molecule has 0 atom stereocenters. The lowest BCUT2D eigenvalue weighted by Gasteiger charge is -2.17. The van der Waals surface area contributed by atoms with E-state index in [1.165, 1.54) is 16.8 Å². The molecule has 9 heteroatoms. The lowest BCUT2D eigenvalue weighted by molar-refractivity contribution is -0.137. The Morgan fingerprint density at radius 1 is 1.29 bits per heavy atom. The van der Waals surface area contributed by atoms with Crippen molar-refractivity contribution in [2.24, 2.45) is 0 Å². The van der Waals surface area contributed by atoms with Crippen LogP contribution < -0.4 is 5.32 Å². The van der Waals surface area contributed by atoms with Crippen molar-refractivity contribution in [1.29, 1.82) is 0 Å². The monoisotopic (exact) mass is 351 g/mol. The van der Waals surface area contributed by atoms with Crippen molar-refractivity contribution in [3.8, 4) is 0 Å². The maximum atomic E-state index is 11.9. The van der Waals surface area contributed by atoms with Gasteiger partial charge in [-0.1, -0.05) is 23.9 Å². The molecule has 0 radical (unpaired) electrons. The highest BCUT2D eigenvalue weighted by Crippen LogP contribution is 2.21. The van der Waals surface area contributed by atoms with Crippen LogP contribution in [0.25, 0.3) is 0 Å². The van der Waals surface area contributed by atoms with Crippen LogP contribution in [0.1, 0.15) is 12.0 Å². The number of nitrogens with one attached hydrogen (secondary N) is 1. The Balaban J connectivity index is 1.89. The Hall–Kier alpha value is -2.55. The van der Waals surface area contributed by atoms with Gasteiger partial charge in [0.25, 0.3) is 5.24 Å². The minimum atomic E-state index is -0.969. The average molecular weight is 351 g/mol. The summed E-state index contributed by atoms with van der Waals surface area (Å²) in [7, 11) is 1.51. The number of benzene rings is 1. The highest BCUT2D eigenvalue weighted by atomic mass is 32.2. The van der Waals surface area contributed by atoms with Crippen LogP contribution in [0.2, 0.25) is 0 Å². The van der Waals surface area contributed by atoms with Gasteiger partial charge in [-0.25, -0.2) is 4.79 Å². The lowest BCUT2D eigenvalue weighted by atomic mass is 10.2. The highest BCUT2D eigenvalue weighted by Gasteiger charge is 2.29. The zero-order chi connectivity index (χ0) is 17.7. The molecule has 1 heterocycles. The number of rotatable bonds is 6. The van der Waals surface area contributed by atoms with E-state index < -0.39 is 12.0 Å². The molecule has 8 nitrogen and oxygen atoms in total. The molecule has 0 spiro atoms. The number of nitrogens with zero attached hydrogens (tertiary/aromatic N) is 2. The van der Waals surface area contributed by atoms with E-state index in [2.05, 4.69) is 5.32 Å². The van der Waals surface area contributed by atoms with Crippen molar-refractivity contribution < 1.29 is 24.3 Å². The van der Waals surface area contributed by atoms with E-state index in [0.717, 1.165) is 17.3 Å². The summed E-state index contributed by atoms with van der Waals surface area (Å²) in [6.45, 7) is 0.313. The molecule has 24 heavy (non-hydrogen) atoms. The summed E-state index contributed by atoms with van der Waals surface area (Å²) >= 11 is 0.987. The first-order valence-electron chi connectivity index (χ1n) is 7.17. The van der Waals surface area contributed by atoms with Crippen LogP contribution >= 0.6 is 11.8 Å². The summed E-state index contributed by atoms with van der Waals surface area (Å²) < 4.78 is 0. The average Bonchev–Trinajstić information content (AvgIpc) is 2.86. The van der Waals surface area contributed by atoms with E-state index in [1.807, 2.05) is 0 Å². The second kappa shape index (κ2) is 7.82. The van der Waals surface area contributed by atoms with E-state index in [1.54, 1.807) is 24.3 Å². The number of carbonyl (C=O) groups is 4. The van der Waals surface area contributed by atoms with E-state index in [-0.39, 0.29) is 36.4 Å². The molecule has 1 aromatic rings. The Kier molecular flexibility index (Phi) is 5.80. The number of hydrogen-bond acceptors (Lipinski definition) is 5. The van der Waals surface area contributed by atoms with Gasteiger partial charge in [-0.05, 0) is 17.7 Å². The fraction of sp³-hybridized carbons (Fsp3) is 0.333. The van der Waals surface area contributed by atoms with Gasteiger partial charge in [-0.3, -0.25) is 19.3 Å². The summed E-state index contributed by atoms with van der Waals surface area (Å²) in [5.74, 6) is -0.999. The van der Waals surface area contributed by atoms with Gasteiger partial charge in [0.2, 0.25) is 5.91 Å². The molecular weight excluding hydrogens is 334 g/mol. The number of imide groups is 1. The van der Waals surface area contributed by atoms with Gasteiger partial charge < -0.3 is 15.3 Å². The molecule has 1 aliphatic rings. The fourth-order valence-electron chi connectivity index (χ4n) is 1.99. The minimum absolute atomic E-state index is 0.107. The molecule has 2 N–H and O–H groups in total. The summed E-state index contributed by atoms with van der Waals surface area (Å²) in [5.41, 5.74) is 1.32. The number of aliphatic carboxylic acids is 1. The molecule has 2 rings (SSSR count). The normalized spacial score (nSPS) is 14.0. The number of anilines is 1. The van der Waals surface area contributed by atoms with Crippen molar-refractivity contribution >= 4 is 40.6 Å². The molecule has 1 fully saturated rings. The summed E-state index contributed by atoms with van der Waals surface area (Å²) in [6.07, 6.45) is -0.126. The Morgan fingerprint density at radius 2 is 1.96 bits per heavy atom. The number of carbonyl (C=O) groups excluding carboxylic acids is 3. The number of amides is 4. The Morgan fingerprint density at radius 3 is 2.50 bits per heavy atom. The number of carboxylic acids is 1. The van der Waals surface area contributed by atoms with Crippen molar-refractivity contribution in [1.82, 2.24) is 9.80 Å². The van der Waals surface area contributed by atoms with E-state index in [9.17, 15) is 19.2 Å². The second-order valence-corrected chi connectivity index (χ2v) is 6.15. The third-order valence-electron chi connectivity index (χ3n) is 3.39. The van der Waals surface area contributed by atoms with Gasteiger partial charge in [0.1, 0.15) is 0 Å².